The maximum atomic E-state index is 12.8. The highest BCUT2D eigenvalue weighted by Gasteiger charge is 2.50. The van der Waals surface area contributed by atoms with Gasteiger partial charge in [0, 0.05) is 13.0 Å². The van der Waals surface area contributed by atoms with E-state index in [9.17, 15) is 9.90 Å². The molecule has 1 N–H and O–H groups in total. The predicted molar refractivity (Wildman–Crippen MR) is 198 cm³/mol. The summed E-state index contributed by atoms with van der Waals surface area (Å²) in [7, 11) is -1.01. The van der Waals surface area contributed by atoms with Crippen LogP contribution in [-0.4, -0.2) is 51.9 Å². The minimum atomic E-state index is -2.64. The summed E-state index contributed by atoms with van der Waals surface area (Å²) in [4.78, 5) is 12.8. The first-order valence-corrected chi connectivity index (χ1v) is 18.8. The number of methoxy groups -OCH3 is 1. The van der Waals surface area contributed by atoms with Crippen LogP contribution in [0, 0.1) is 5.41 Å². The van der Waals surface area contributed by atoms with Gasteiger partial charge >= 0.3 is 5.97 Å². The van der Waals surface area contributed by atoms with Crippen molar-refractivity contribution in [2.75, 3.05) is 20.3 Å². The Kier molecular flexibility index (Phi) is 14.4. The normalized spacial score (nSPS) is 13.9. The van der Waals surface area contributed by atoms with E-state index in [0.717, 1.165) is 22.5 Å². The van der Waals surface area contributed by atoms with Crippen LogP contribution in [0.1, 0.15) is 73.3 Å². The van der Waals surface area contributed by atoms with Gasteiger partial charge in [0.2, 0.25) is 0 Å². The summed E-state index contributed by atoms with van der Waals surface area (Å²) in [5.41, 5.74) is 2.19. The van der Waals surface area contributed by atoms with Crippen molar-refractivity contribution in [1.29, 1.82) is 0 Å². The summed E-state index contributed by atoms with van der Waals surface area (Å²) in [5.74, 6) is 0.493. The molecule has 3 aromatic rings. The molecule has 6 nitrogen and oxygen atoms in total. The molecule has 48 heavy (non-hydrogen) atoms. The largest absolute Gasteiger partial charge is 0.497 e. The molecule has 0 radical (unpaired) electrons. The molecule has 3 aromatic carbocycles. The third kappa shape index (κ3) is 11.3. The zero-order chi connectivity index (χ0) is 35.4. The summed E-state index contributed by atoms with van der Waals surface area (Å²) >= 11 is 0. The highest BCUT2D eigenvalue weighted by Crippen LogP contribution is 2.37. The van der Waals surface area contributed by atoms with Crippen LogP contribution in [0.3, 0.4) is 0 Å². The number of aliphatic hydroxyl groups is 1. The molecule has 0 fully saturated rings. The van der Waals surface area contributed by atoms with Crippen LogP contribution in [0.2, 0.25) is 5.04 Å². The molecule has 0 bridgehead atoms. The Bertz CT molecular complexity index is 1410. The highest BCUT2D eigenvalue weighted by atomic mass is 28.4. The van der Waals surface area contributed by atoms with Gasteiger partial charge in [0.05, 0.1) is 31.8 Å². The number of ether oxygens (including phenoxy) is 3. The summed E-state index contributed by atoms with van der Waals surface area (Å²) < 4.78 is 24.1. The Morgan fingerprint density at radius 1 is 0.875 bits per heavy atom. The Morgan fingerprint density at radius 3 is 1.94 bits per heavy atom. The second-order valence-corrected chi connectivity index (χ2v) is 18.9. The second kappa shape index (κ2) is 17.8. The van der Waals surface area contributed by atoms with Crippen LogP contribution in [0.4, 0.5) is 0 Å². The SMILES string of the molecule is C=C(CCO[Si](c1ccccc1)(c1ccccc1)C(C)(C)C)C[C@H](O)/C=C(\C)C[C@@H](COCc1ccc(OC)cc1)OC(=O)C(C)(C)C. The Hall–Kier alpha value is -3.49. The Labute approximate surface area is 289 Å². The first-order chi connectivity index (χ1) is 22.7. The number of aliphatic hydroxyl groups excluding tert-OH is 1. The van der Waals surface area contributed by atoms with Crippen molar-refractivity contribution in [3.63, 3.8) is 0 Å². The summed E-state index contributed by atoms with van der Waals surface area (Å²) in [6.45, 7) is 19.7. The topological polar surface area (TPSA) is 74.2 Å². The Balaban J connectivity index is 1.62. The zero-order valence-corrected chi connectivity index (χ0v) is 31.3. The summed E-state index contributed by atoms with van der Waals surface area (Å²) in [6, 6.07) is 28.8. The van der Waals surface area contributed by atoms with Crippen LogP contribution in [0.5, 0.6) is 5.75 Å². The van der Waals surface area contributed by atoms with E-state index in [-0.39, 0.29) is 17.6 Å². The molecule has 0 aliphatic carbocycles. The van der Waals surface area contributed by atoms with Crippen LogP contribution >= 0.6 is 0 Å². The summed E-state index contributed by atoms with van der Waals surface area (Å²) in [5, 5.41) is 13.4. The smallest absolute Gasteiger partial charge is 0.311 e. The van der Waals surface area contributed by atoms with Gasteiger partial charge in [0.25, 0.3) is 8.32 Å². The standard InChI is InChI=1S/C41H56O6Si/c1-31(24-25-46-48(41(6,7)8,37-16-12-10-13-17-37)38-18-14-11-15-19-38)26-34(42)27-32(2)28-36(47-39(43)40(3,4)5)30-45-29-33-20-22-35(44-9)23-21-33/h10-23,27,34,36,42H,1,24-26,28-30H2,2-9H3/b32-27+/t34-,36-/m0/s1. The van der Waals surface area contributed by atoms with E-state index in [4.69, 9.17) is 18.6 Å². The number of rotatable bonds is 17. The quantitative estimate of drug-likeness (QED) is 0.0897. The van der Waals surface area contributed by atoms with E-state index >= 15 is 0 Å². The first-order valence-electron chi connectivity index (χ1n) is 16.8. The van der Waals surface area contributed by atoms with Gasteiger partial charge in [0.15, 0.2) is 0 Å². The molecule has 0 aromatic heterocycles. The molecule has 0 aliphatic rings. The van der Waals surface area contributed by atoms with E-state index < -0.39 is 25.9 Å². The molecule has 0 aliphatic heterocycles. The van der Waals surface area contributed by atoms with Crippen LogP contribution in [0.25, 0.3) is 0 Å². The fourth-order valence-electron chi connectivity index (χ4n) is 5.82. The van der Waals surface area contributed by atoms with Crippen LogP contribution < -0.4 is 15.1 Å². The lowest BCUT2D eigenvalue weighted by molar-refractivity contribution is -0.161. The molecule has 0 unspecified atom stereocenters. The van der Waals surface area contributed by atoms with Gasteiger partial charge in [-0.3, -0.25) is 4.79 Å². The summed E-state index contributed by atoms with van der Waals surface area (Å²) in [6.07, 6.45) is 2.13. The number of benzene rings is 3. The average molecular weight is 673 g/mol. The molecule has 0 heterocycles. The van der Waals surface area contributed by atoms with Gasteiger partial charge in [-0.1, -0.05) is 117 Å². The van der Waals surface area contributed by atoms with Crippen LogP contribution in [-0.2, 0) is 25.3 Å². The van der Waals surface area contributed by atoms with Crippen molar-refractivity contribution >= 4 is 24.7 Å². The van der Waals surface area contributed by atoms with E-state index in [0.29, 0.717) is 32.5 Å². The van der Waals surface area contributed by atoms with Gasteiger partial charge < -0.3 is 23.7 Å². The molecule has 3 rings (SSSR count). The van der Waals surface area contributed by atoms with Gasteiger partial charge in [0.1, 0.15) is 11.9 Å². The van der Waals surface area contributed by atoms with E-state index in [1.165, 1.54) is 10.4 Å². The minimum Gasteiger partial charge on any atom is -0.497 e. The van der Waals surface area contributed by atoms with Crippen LogP contribution in [0.15, 0.2) is 109 Å². The lowest BCUT2D eigenvalue weighted by Crippen LogP contribution is -2.66. The number of carbonyl (C=O) groups excluding carboxylic acids is 1. The van der Waals surface area contributed by atoms with Gasteiger partial charge in [-0.15, -0.1) is 0 Å². The predicted octanol–water partition coefficient (Wildman–Crippen LogP) is 7.78. The number of esters is 1. The third-order valence-electron chi connectivity index (χ3n) is 8.33. The lowest BCUT2D eigenvalue weighted by Gasteiger charge is -2.43. The fraction of sp³-hybridized carbons (Fsp3) is 0.439. The monoisotopic (exact) mass is 672 g/mol. The number of hydrogen-bond acceptors (Lipinski definition) is 6. The molecular formula is C41H56O6Si. The van der Waals surface area contributed by atoms with Crippen molar-refractivity contribution in [1.82, 2.24) is 0 Å². The zero-order valence-electron chi connectivity index (χ0n) is 30.3. The van der Waals surface area contributed by atoms with Crippen molar-refractivity contribution < 1.29 is 28.5 Å². The van der Waals surface area contributed by atoms with Crippen molar-refractivity contribution in [2.45, 2.75) is 91.6 Å². The van der Waals surface area contributed by atoms with Crippen molar-refractivity contribution in [3.8, 4) is 5.75 Å². The van der Waals surface area contributed by atoms with Crippen molar-refractivity contribution in [3.05, 3.63) is 114 Å². The first kappa shape index (κ1) is 39.0. The lowest BCUT2D eigenvalue weighted by atomic mass is 9.97. The highest BCUT2D eigenvalue weighted by molar-refractivity contribution is 6.99. The molecule has 0 saturated carbocycles. The third-order valence-corrected chi connectivity index (χ3v) is 13.4. The minimum absolute atomic E-state index is 0.109. The average Bonchev–Trinajstić information content (AvgIpc) is 3.03. The van der Waals surface area contributed by atoms with E-state index in [2.05, 4.69) is 75.9 Å². The van der Waals surface area contributed by atoms with Gasteiger partial charge in [-0.25, -0.2) is 0 Å². The fourth-order valence-corrected chi connectivity index (χ4v) is 10.4. The molecule has 0 saturated heterocycles. The maximum Gasteiger partial charge on any atom is 0.311 e. The van der Waals surface area contributed by atoms with Gasteiger partial charge in [-0.05, 0) is 73.6 Å². The van der Waals surface area contributed by atoms with E-state index in [1.807, 2.05) is 70.2 Å². The molecule has 2 atom stereocenters. The molecular weight excluding hydrogens is 617 g/mol. The molecule has 0 amide bonds. The maximum absolute atomic E-state index is 12.8. The second-order valence-electron chi connectivity index (χ2n) is 14.6. The number of carbonyl (C=O) groups is 1. The van der Waals surface area contributed by atoms with Gasteiger partial charge in [-0.2, -0.15) is 0 Å². The molecule has 7 heteroatoms. The number of hydrogen-bond donors (Lipinski definition) is 1. The molecule has 260 valence electrons. The molecule has 0 spiro atoms. The van der Waals surface area contributed by atoms with E-state index in [1.54, 1.807) is 7.11 Å². The van der Waals surface area contributed by atoms with Crippen molar-refractivity contribution in [2.24, 2.45) is 5.41 Å². The Morgan fingerprint density at radius 2 is 1.44 bits per heavy atom.